The molecule has 0 amide bonds. The van der Waals surface area contributed by atoms with Crippen LogP contribution in [0.2, 0.25) is 5.02 Å². The van der Waals surface area contributed by atoms with Gasteiger partial charge in [-0.05, 0) is 38.1 Å². The smallest absolute Gasteiger partial charge is 0.349 e. The van der Waals surface area contributed by atoms with Crippen LogP contribution >= 0.6 is 11.6 Å². The van der Waals surface area contributed by atoms with E-state index in [1.54, 1.807) is 38.1 Å². The largest absolute Gasteiger partial charge is 0.476 e. The third-order valence-corrected chi connectivity index (χ3v) is 2.73. The Kier molecular flexibility index (Phi) is 3.78. The molecule has 18 heavy (non-hydrogen) atoms. The van der Waals surface area contributed by atoms with Crippen LogP contribution in [-0.2, 0) is 14.3 Å². The van der Waals surface area contributed by atoms with Crippen molar-refractivity contribution in [1.82, 2.24) is 0 Å². The van der Waals surface area contributed by atoms with Gasteiger partial charge in [-0.2, -0.15) is 0 Å². The summed E-state index contributed by atoms with van der Waals surface area (Å²) in [6, 6.07) is 6.83. The lowest BCUT2D eigenvalue weighted by atomic mass is 10.1. The first-order chi connectivity index (χ1) is 8.47. The Morgan fingerprint density at radius 2 is 2.06 bits per heavy atom. The first kappa shape index (κ1) is 13.2. The van der Waals surface area contributed by atoms with E-state index < -0.39 is 11.6 Å². The van der Waals surface area contributed by atoms with Gasteiger partial charge in [0.15, 0.2) is 5.60 Å². The maximum atomic E-state index is 11.8. The summed E-state index contributed by atoms with van der Waals surface area (Å²) in [5.41, 5.74) is -1.04. The topological polar surface area (TPSA) is 48.1 Å². The third-order valence-electron chi connectivity index (χ3n) is 2.48. The molecule has 5 heteroatoms. The van der Waals surface area contributed by atoms with Crippen LogP contribution in [0.4, 0.5) is 0 Å². The van der Waals surface area contributed by atoms with Crippen molar-refractivity contribution >= 4 is 17.6 Å². The van der Waals surface area contributed by atoms with Gasteiger partial charge in [-0.15, -0.1) is 0 Å². The van der Waals surface area contributed by atoms with Crippen molar-refractivity contribution in [3.63, 3.8) is 0 Å². The molecule has 2 rings (SSSR count). The van der Waals surface area contributed by atoms with Crippen LogP contribution in [0.15, 0.2) is 24.3 Å². The Morgan fingerprint density at radius 1 is 1.44 bits per heavy atom. The zero-order valence-electron chi connectivity index (χ0n) is 10.3. The zero-order valence-corrected chi connectivity index (χ0v) is 11.1. The summed E-state index contributed by atoms with van der Waals surface area (Å²) in [7, 11) is 0. The fraction of sp³-hybridized carbons (Fsp3) is 0.462. The second-order valence-electron chi connectivity index (χ2n) is 4.62. The Morgan fingerprint density at radius 3 is 2.61 bits per heavy atom. The molecule has 4 nitrogen and oxygen atoms in total. The van der Waals surface area contributed by atoms with Gasteiger partial charge >= 0.3 is 5.97 Å². The number of epoxide rings is 1. The lowest BCUT2D eigenvalue weighted by Gasteiger charge is -2.24. The van der Waals surface area contributed by atoms with E-state index in [4.69, 9.17) is 25.8 Å². The first-order valence-corrected chi connectivity index (χ1v) is 6.08. The van der Waals surface area contributed by atoms with Crippen molar-refractivity contribution in [2.75, 3.05) is 13.2 Å². The molecule has 98 valence electrons. The molecule has 1 aliphatic heterocycles. The second-order valence-corrected chi connectivity index (χ2v) is 5.06. The Bertz CT molecular complexity index is 423. The second kappa shape index (κ2) is 5.16. The van der Waals surface area contributed by atoms with Gasteiger partial charge in [0.2, 0.25) is 0 Å². The van der Waals surface area contributed by atoms with Crippen molar-refractivity contribution in [3.8, 4) is 5.75 Å². The minimum Gasteiger partial charge on any atom is -0.476 e. The monoisotopic (exact) mass is 270 g/mol. The Balaban J connectivity index is 1.91. The molecule has 1 aromatic carbocycles. The SMILES string of the molecule is CC(C)(Oc1ccc(Cl)cc1)C(=O)OCC1CO1. The highest BCUT2D eigenvalue weighted by atomic mass is 35.5. The summed E-state index contributed by atoms with van der Waals surface area (Å²) in [4.78, 5) is 11.8. The number of hydrogen-bond acceptors (Lipinski definition) is 4. The van der Waals surface area contributed by atoms with Gasteiger partial charge in [-0.25, -0.2) is 4.79 Å². The Hall–Kier alpha value is -1.26. The van der Waals surface area contributed by atoms with Gasteiger partial charge in [0.05, 0.1) is 6.61 Å². The third kappa shape index (κ3) is 3.62. The number of rotatable bonds is 5. The minimum absolute atomic E-state index is 0.0558. The van der Waals surface area contributed by atoms with E-state index in [2.05, 4.69) is 0 Å². The van der Waals surface area contributed by atoms with E-state index in [0.717, 1.165) is 0 Å². The highest BCUT2D eigenvalue weighted by Crippen LogP contribution is 2.22. The summed E-state index contributed by atoms with van der Waals surface area (Å²) >= 11 is 5.78. The van der Waals surface area contributed by atoms with Crippen molar-refractivity contribution in [1.29, 1.82) is 0 Å². The molecule has 0 aromatic heterocycles. The lowest BCUT2D eigenvalue weighted by molar-refractivity contribution is -0.159. The van der Waals surface area contributed by atoms with Crippen LogP contribution in [-0.4, -0.2) is 30.9 Å². The van der Waals surface area contributed by atoms with Gasteiger partial charge < -0.3 is 14.2 Å². The molecule has 0 bridgehead atoms. The van der Waals surface area contributed by atoms with Crippen LogP contribution in [0.1, 0.15) is 13.8 Å². The van der Waals surface area contributed by atoms with E-state index in [0.29, 0.717) is 17.4 Å². The molecule has 1 unspecified atom stereocenters. The average Bonchev–Trinajstić information content (AvgIpc) is 3.12. The number of ether oxygens (including phenoxy) is 3. The average molecular weight is 271 g/mol. The number of carbonyl (C=O) groups is 1. The van der Waals surface area contributed by atoms with Crippen molar-refractivity contribution in [3.05, 3.63) is 29.3 Å². The summed E-state index contributed by atoms with van der Waals surface area (Å²) in [5.74, 6) is 0.164. The van der Waals surface area contributed by atoms with E-state index in [1.165, 1.54) is 0 Å². The normalized spacial score (nSPS) is 18.3. The number of benzene rings is 1. The summed E-state index contributed by atoms with van der Waals surface area (Å²) in [6.07, 6.45) is 0.0558. The molecule has 0 radical (unpaired) electrons. The molecule has 1 aliphatic rings. The van der Waals surface area contributed by atoms with Gasteiger partial charge in [0, 0.05) is 5.02 Å². The molecule has 1 fully saturated rings. The van der Waals surface area contributed by atoms with Crippen molar-refractivity contribution < 1.29 is 19.0 Å². The maximum absolute atomic E-state index is 11.8. The highest BCUT2D eigenvalue weighted by Gasteiger charge is 2.34. The molecular weight excluding hydrogens is 256 g/mol. The lowest BCUT2D eigenvalue weighted by Crippen LogP contribution is -2.40. The van der Waals surface area contributed by atoms with Crippen molar-refractivity contribution in [2.24, 2.45) is 0 Å². The molecule has 1 aromatic rings. The van der Waals surface area contributed by atoms with Crippen LogP contribution in [0.3, 0.4) is 0 Å². The van der Waals surface area contributed by atoms with Crippen LogP contribution in [0, 0.1) is 0 Å². The number of hydrogen-bond donors (Lipinski definition) is 0. The zero-order chi connectivity index (χ0) is 13.2. The minimum atomic E-state index is -1.04. The van der Waals surface area contributed by atoms with Gasteiger partial charge in [-0.1, -0.05) is 11.6 Å². The molecule has 0 aliphatic carbocycles. The molecule has 1 heterocycles. The van der Waals surface area contributed by atoms with E-state index in [1.807, 2.05) is 0 Å². The fourth-order valence-electron chi connectivity index (χ4n) is 1.35. The van der Waals surface area contributed by atoms with Crippen LogP contribution in [0.25, 0.3) is 0 Å². The standard InChI is InChI=1S/C13H15ClO4/c1-13(2,12(15)17-8-11-7-16-11)18-10-5-3-9(14)4-6-10/h3-6,11H,7-8H2,1-2H3. The Labute approximate surface area is 111 Å². The predicted octanol–water partition coefficient (Wildman–Crippen LogP) is 2.44. The van der Waals surface area contributed by atoms with Gasteiger partial charge in [0.1, 0.15) is 18.5 Å². The number of carbonyl (C=O) groups excluding carboxylic acids is 1. The maximum Gasteiger partial charge on any atom is 0.349 e. The molecule has 0 saturated carbocycles. The molecule has 1 atom stereocenters. The fourth-order valence-corrected chi connectivity index (χ4v) is 1.47. The highest BCUT2D eigenvalue weighted by molar-refractivity contribution is 6.30. The number of halogens is 1. The quantitative estimate of drug-likeness (QED) is 0.609. The van der Waals surface area contributed by atoms with Gasteiger partial charge in [-0.3, -0.25) is 0 Å². The molecular formula is C13H15ClO4. The molecule has 0 spiro atoms. The summed E-state index contributed by atoms with van der Waals surface area (Å²) in [5, 5.41) is 0.619. The van der Waals surface area contributed by atoms with Crippen LogP contribution in [0.5, 0.6) is 5.75 Å². The summed E-state index contributed by atoms with van der Waals surface area (Å²) in [6.45, 7) is 4.27. The first-order valence-electron chi connectivity index (χ1n) is 5.71. The van der Waals surface area contributed by atoms with Crippen LogP contribution < -0.4 is 4.74 Å². The predicted molar refractivity (Wildman–Crippen MR) is 66.9 cm³/mol. The molecule has 0 N–H and O–H groups in total. The van der Waals surface area contributed by atoms with E-state index in [9.17, 15) is 4.79 Å². The van der Waals surface area contributed by atoms with E-state index in [-0.39, 0.29) is 12.7 Å². The van der Waals surface area contributed by atoms with Gasteiger partial charge in [0.25, 0.3) is 0 Å². The van der Waals surface area contributed by atoms with Crippen molar-refractivity contribution in [2.45, 2.75) is 25.6 Å². The summed E-state index contributed by atoms with van der Waals surface area (Å²) < 4.78 is 15.7. The van der Waals surface area contributed by atoms with E-state index >= 15 is 0 Å². The molecule has 1 saturated heterocycles. The number of esters is 1.